The van der Waals surface area contributed by atoms with E-state index < -0.39 is 0 Å². The molecule has 2 aromatic rings. The number of nitrogens with zero attached hydrogens (tertiary/aromatic N) is 2. The van der Waals surface area contributed by atoms with Gasteiger partial charge in [-0.2, -0.15) is 0 Å². The van der Waals surface area contributed by atoms with Crippen LogP contribution in [0.4, 0.5) is 0 Å². The highest BCUT2D eigenvalue weighted by atomic mass is 79.9. The normalized spacial score (nSPS) is 15.9. The van der Waals surface area contributed by atoms with Crippen LogP contribution in [0.3, 0.4) is 0 Å². The molecule has 140 valence electrons. The third kappa shape index (κ3) is 5.19. The lowest BCUT2D eigenvalue weighted by Crippen LogP contribution is -2.45. The minimum atomic E-state index is -0.0802. The van der Waals surface area contributed by atoms with Gasteiger partial charge in [0, 0.05) is 32.7 Å². The van der Waals surface area contributed by atoms with Crippen LogP contribution in [0, 0.1) is 0 Å². The summed E-state index contributed by atoms with van der Waals surface area (Å²) in [7, 11) is 2.16. The predicted octanol–water partition coefficient (Wildman–Crippen LogP) is 2.73. The molecule has 0 atom stereocenters. The zero-order chi connectivity index (χ0) is 18.4. The maximum atomic E-state index is 12.0. The van der Waals surface area contributed by atoms with E-state index in [1.54, 1.807) is 0 Å². The van der Waals surface area contributed by atoms with Gasteiger partial charge in [0.05, 0.1) is 4.47 Å². The predicted molar refractivity (Wildman–Crippen MR) is 109 cm³/mol. The second-order valence-corrected chi connectivity index (χ2v) is 7.53. The zero-order valence-electron chi connectivity index (χ0n) is 15.2. The Morgan fingerprint density at radius 1 is 1.15 bits per heavy atom. The van der Waals surface area contributed by atoms with Crippen LogP contribution in [0.15, 0.2) is 40.9 Å². The zero-order valence-corrected chi connectivity index (χ0v) is 16.8. The molecule has 0 aromatic heterocycles. The average Bonchev–Trinajstić information content (AvgIpc) is 2.66. The van der Waals surface area contributed by atoms with E-state index in [9.17, 15) is 4.79 Å². The number of nitrogens with one attached hydrogen (secondary N) is 1. The van der Waals surface area contributed by atoms with Crippen molar-refractivity contribution in [2.24, 2.45) is 0 Å². The molecule has 1 fully saturated rings. The van der Waals surface area contributed by atoms with Crippen molar-refractivity contribution in [1.82, 2.24) is 15.1 Å². The van der Waals surface area contributed by atoms with E-state index in [1.807, 2.05) is 30.3 Å². The quantitative estimate of drug-likeness (QED) is 0.700. The molecule has 0 aliphatic carbocycles. The largest absolute Gasteiger partial charge is 0.483 e. The summed E-state index contributed by atoms with van der Waals surface area (Å²) in [5.74, 6) is 0.611. The molecule has 1 heterocycles. The molecule has 1 aliphatic rings. The summed E-state index contributed by atoms with van der Waals surface area (Å²) in [5, 5.41) is 5.16. The molecular formula is C20H26BrN3O2. The minimum Gasteiger partial charge on any atom is -0.483 e. The fraction of sp³-hybridized carbons (Fsp3) is 0.450. The van der Waals surface area contributed by atoms with Crippen molar-refractivity contribution in [1.29, 1.82) is 0 Å². The number of hydrogen-bond acceptors (Lipinski definition) is 4. The van der Waals surface area contributed by atoms with Crippen molar-refractivity contribution in [3.63, 3.8) is 0 Å². The highest BCUT2D eigenvalue weighted by Crippen LogP contribution is 2.32. The van der Waals surface area contributed by atoms with Crippen LogP contribution in [0.25, 0.3) is 10.8 Å². The van der Waals surface area contributed by atoms with Crippen LogP contribution in [-0.2, 0) is 4.79 Å². The van der Waals surface area contributed by atoms with Crippen molar-refractivity contribution >= 4 is 32.6 Å². The van der Waals surface area contributed by atoms with E-state index in [0.29, 0.717) is 12.3 Å². The summed E-state index contributed by atoms with van der Waals surface area (Å²) in [5.41, 5.74) is 0. The number of piperazine rings is 1. The van der Waals surface area contributed by atoms with E-state index in [1.165, 1.54) is 0 Å². The molecule has 0 saturated carbocycles. The summed E-state index contributed by atoms with van der Waals surface area (Å²) in [6, 6.07) is 12.0. The first-order valence-corrected chi connectivity index (χ1v) is 9.90. The molecule has 2 aromatic carbocycles. The van der Waals surface area contributed by atoms with Gasteiger partial charge in [-0.05, 0) is 52.8 Å². The first-order chi connectivity index (χ1) is 12.6. The number of fused-ring (bicyclic) bond motifs is 1. The van der Waals surface area contributed by atoms with E-state index in [0.717, 1.165) is 54.4 Å². The molecule has 1 aliphatic heterocycles. The number of benzene rings is 2. The molecule has 1 amide bonds. The Bertz CT molecular complexity index is 745. The third-order valence-electron chi connectivity index (χ3n) is 4.76. The molecule has 0 bridgehead atoms. The molecule has 5 nitrogen and oxygen atoms in total. The Morgan fingerprint density at radius 3 is 2.73 bits per heavy atom. The van der Waals surface area contributed by atoms with Gasteiger partial charge < -0.3 is 19.9 Å². The van der Waals surface area contributed by atoms with Gasteiger partial charge in [0.2, 0.25) is 0 Å². The molecule has 3 rings (SSSR count). The van der Waals surface area contributed by atoms with Gasteiger partial charge in [0.15, 0.2) is 6.61 Å². The Balaban J connectivity index is 1.38. The van der Waals surface area contributed by atoms with Crippen LogP contribution < -0.4 is 10.1 Å². The fourth-order valence-electron chi connectivity index (χ4n) is 3.12. The maximum absolute atomic E-state index is 12.0. The number of carbonyl (C=O) groups is 1. The molecule has 0 spiro atoms. The van der Waals surface area contributed by atoms with Crippen LogP contribution in [0.2, 0.25) is 0 Å². The highest BCUT2D eigenvalue weighted by molar-refractivity contribution is 9.10. The maximum Gasteiger partial charge on any atom is 0.257 e. The van der Waals surface area contributed by atoms with Crippen LogP contribution in [0.1, 0.15) is 6.42 Å². The summed E-state index contributed by atoms with van der Waals surface area (Å²) >= 11 is 3.58. The molecule has 1 saturated heterocycles. The van der Waals surface area contributed by atoms with Crippen LogP contribution >= 0.6 is 15.9 Å². The van der Waals surface area contributed by atoms with E-state index in [4.69, 9.17) is 4.74 Å². The first kappa shape index (κ1) is 19.1. The molecule has 6 heteroatoms. The summed E-state index contributed by atoms with van der Waals surface area (Å²) in [6.07, 6.45) is 0.967. The van der Waals surface area contributed by atoms with Crippen molar-refractivity contribution in [2.45, 2.75) is 6.42 Å². The number of rotatable bonds is 7. The van der Waals surface area contributed by atoms with E-state index in [2.05, 4.69) is 44.2 Å². The van der Waals surface area contributed by atoms with Gasteiger partial charge in [-0.1, -0.05) is 30.3 Å². The first-order valence-electron chi connectivity index (χ1n) is 9.11. The monoisotopic (exact) mass is 419 g/mol. The highest BCUT2D eigenvalue weighted by Gasteiger charge is 2.13. The topological polar surface area (TPSA) is 44.8 Å². The van der Waals surface area contributed by atoms with E-state index in [-0.39, 0.29) is 12.5 Å². The Kier molecular flexibility index (Phi) is 6.88. The van der Waals surface area contributed by atoms with Gasteiger partial charge in [0.25, 0.3) is 5.91 Å². The Morgan fingerprint density at radius 2 is 1.92 bits per heavy atom. The molecule has 26 heavy (non-hydrogen) atoms. The van der Waals surface area contributed by atoms with Crippen molar-refractivity contribution in [3.8, 4) is 5.75 Å². The van der Waals surface area contributed by atoms with Crippen molar-refractivity contribution < 1.29 is 9.53 Å². The second kappa shape index (κ2) is 9.35. The molecule has 0 unspecified atom stereocenters. The van der Waals surface area contributed by atoms with Gasteiger partial charge in [-0.25, -0.2) is 0 Å². The lowest BCUT2D eigenvalue weighted by atomic mass is 10.1. The van der Waals surface area contributed by atoms with Gasteiger partial charge in [0.1, 0.15) is 5.75 Å². The van der Waals surface area contributed by atoms with E-state index >= 15 is 0 Å². The molecular weight excluding hydrogens is 394 g/mol. The number of likely N-dealkylation sites (N-methyl/N-ethyl adjacent to an activating group) is 1. The molecule has 1 N–H and O–H groups in total. The number of hydrogen-bond donors (Lipinski definition) is 1. The van der Waals surface area contributed by atoms with Gasteiger partial charge >= 0.3 is 0 Å². The summed E-state index contributed by atoms with van der Waals surface area (Å²) < 4.78 is 6.58. The number of halogens is 1. The van der Waals surface area contributed by atoms with Crippen molar-refractivity contribution in [3.05, 3.63) is 40.9 Å². The van der Waals surface area contributed by atoms with Crippen LogP contribution in [0.5, 0.6) is 5.75 Å². The van der Waals surface area contributed by atoms with Gasteiger partial charge in [-0.15, -0.1) is 0 Å². The summed E-state index contributed by atoms with van der Waals surface area (Å²) in [4.78, 5) is 16.8. The SMILES string of the molecule is CN1CCN(CCCNC(=O)COc2ccc3ccccc3c2Br)CC1. The fourth-order valence-corrected chi connectivity index (χ4v) is 3.73. The average molecular weight is 420 g/mol. The smallest absolute Gasteiger partial charge is 0.257 e. The lowest BCUT2D eigenvalue weighted by molar-refractivity contribution is -0.123. The van der Waals surface area contributed by atoms with Gasteiger partial charge in [-0.3, -0.25) is 4.79 Å². The number of amides is 1. The lowest BCUT2D eigenvalue weighted by Gasteiger charge is -2.32. The van der Waals surface area contributed by atoms with Crippen molar-refractivity contribution in [2.75, 3.05) is 52.9 Å². The summed E-state index contributed by atoms with van der Waals surface area (Å²) in [6.45, 7) is 6.23. The number of carbonyl (C=O) groups excluding carboxylic acids is 1. The molecule has 0 radical (unpaired) electrons. The number of ether oxygens (including phenoxy) is 1. The standard InChI is InChI=1S/C20H26BrN3O2/c1-23-11-13-24(14-12-23)10-4-9-22-19(25)15-26-18-8-7-16-5-2-3-6-17(16)20(18)21/h2-3,5-8H,4,9-15H2,1H3,(H,22,25). The Hall–Kier alpha value is -1.63. The second-order valence-electron chi connectivity index (χ2n) is 6.74. The Labute approximate surface area is 163 Å². The minimum absolute atomic E-state index is 0.0332. The third-order valence-corrected chi connectivity index (χ3v) is 5.57. The van der Waals surface area contributed by atoms with Crippen LogP contribution in [-0.4, -0.2) is 68.6 Å².